The summed E-state index contributed by atoms with van der Waals surface area (Å²) in [5.74, 6) is 2.42. The molecular weight excluding hydrogens is 426 g/mol. The maximum atomic E-state index is 13.0. The molecule has 1 unspecified atom stereocenters. The molecule has 0 spiro atoms. The molecule has 0 saturated carbocycles. The maximum Gasteiger partial charge on any atom is 0.243 e. The Morgan fingerprint density at radius 3 is 2.22 bits per heavy atom. The minimum atomic E-state index is -3.52. The summed E-state index contributed by atoms with van der Waals surface area (Å²) in [6, 6.07) is 11.2. The van der Waals surface area contributed by atoms with Gasteiger partial charge in [0.15, 0.2) is 11.6 Å². The Balaban J connectivity index is 1.38. The summed E-state index contributed by atoms with van der Waals surface area (Å²) in [5.41, 5.74) is 0. The summed E-state index contributed by atoms with van der Waals surface area (Å²) in [6.07, 6.45) is 4.81. The Kier molecular flexibility index (Phi) is 7.15. The van der Waals surface area contributed by atoms with Crippen molar-refractivity contribution in [2.75, 3.05) is 49.1 Å². The molecule has 2 aliphatic rings. The van der Waals surface area contributed by atoms with E-state index in [2.05, 4.69) is 33.0 Å². The highest BCUT2D eigenvalue weighted by Crippen LogP contribution is 2.26. The number of ether oxygens (including phenoxy) is 1. The highest BCUT2D eigenvalue weighted by Gasteiger charge is 2.29. The number of piperidine rings is 1. The summed E-state index contributed by atoms with van der Waals surface area (Å²) < 4.78 is 33.0. The van der Waals surface area contributed by atoms with Gasteiger partial charge in [0.2, 0.25) is 10.0 Å². The van der Waals surface area contributed by atoms with Gasteiger partial charge in [-0.3, -0.25) is 0 Å². The quantitative estimate of drug-likeness (QED) is 0.629. The molecule has 174 valence electrons. The maximum absolute atomic E-state index is 13.0. The molecular formula is C23H33N5O3S. The van der Waals surface area contributed by atoms with Gasteiger partial charge in [-0.2, -0.15) is 4.31 Å². The highest BCUT2D eigenvalue weighted by atomic mass is 32.2. The monoisotopic (exact) mass is 459 g/mol. The van der Waals surface area contributed by atoms with Crippen LogP contribution in [-0.2, 0) is 10.0 Å². The van der Waals surface area contributed by atoms with E-state index in [-0.39, 0.29) is 0 Å². The van der Waals surface area contributed by atoms with Crippen molar-refractivity contribution in [1.82, 2.24) is 14.5 Å². The Bertz CT molecular complexity index is 974. The van der Waals surface area contributed by atoms with Crippen molar-refractivity contribution in [3.63, 3.8) is 0 Å². The lowest BCUT2D eigenvalue weighted by atomic mass is 10.0. The molecule has 0 aliphatic carbocycles. The SMILES string of the molecule is CCOc1ccc(S(=O)(=O)N2CCN(c3ccc(N4CCCCC4CC)nn3)CC2)cc1. The van der Waals surface area contributed by atoms with Crippen LogP contribution in [0, 0.1) is 0 Å². The van der Waals surface area contributed by atoms with Crippen LogP contribution in [0.15, 0.2) is 41.3 Å². The van der Waals surface area contributed by atoms with E-state index in [0.717, 1.165) is 24.6 Å². The van der Waals surface area contributed by atoms with Crippen LogP contribution in [0.4, 0.5) is 11.6 Å². The first kappa shape index (κ1) is 22.8. The van der Waals surface area contributed by atoms with Gasteiger partial charge >= 0.3 is 0 Å². The molecule has 2 aliphatic heterocycles. The molecule has 4 rings (SSSR count). The molecule has 1 aromatic heterocycles. The van der Waals surface area contributed by atoms with Gasteiger partial charge in [-0.25, -0.2) is 8.42 Å². The van der Waals surface area contributed by atoms with E-state index in [1.807, 2.05) is 13.0 Å². The Hall–Kier alpha value is -2.39. The summed E-state index contributed by atoms with van der Waals surface area (Å²) in [5, 5.41) is 8.98. The summed E-state index contributed by atoms with van der Waals surface area (Å²) in [7, 11) is -3.52. The topological polar surface area (TPSA) is 78.9 Å². The van der Waals surface area contributed by atoms with Crippen molar-refractivity contribution in [2.24, 2.45) is 0 Å². The number of hydrogen-bond donors (Lipinski definition) is 0. The molecule has 3 heterocycles. The third kappa shape index (κ3) is 4.83. The van der Waals surface area contributed by atoms with E-state index in [9.17, 15) is 8.42 Å². The van der Waals surface area contributed by atoms with Crippen LogP contribution in [0.1, 0.15) is 39.5 Å². The van der Waals surface area contributed by atoms with Crippen molar-refractivity contribution in [3.05, 3.63) is 36.4 Å². The fraction of sp³-hybridized carbons (Fsp3) is 0.565. The molecule has 2 saturated heterocycles. The van der Waals surface area contributed by atoms with E-state index in [1.54, 1.807) is 28.6 Å². The molecule has 1 aromatic carbocycles. The fourth-order valence-corrected chi connectivity index (χ4v) is 5.97. The van der Waals surface area contributed by atoms with E-state index < -0.39 is 10.0 Å². The average Bonchev–Trinajstić information content (AvgIpc) is 2.85. The first-order chi connectivity index (χ1) is 15.5. The van der Waals surface area contributed by atoms with Gasteiger partial charge in [0, 0.05) is 38.8 Å². The molecule has 32 heavy (non-hydrogen) atoms. The first-order valence-electron chi connectivity index (χ1n) is 11.6. The van der Waals surface area contributed by atoms with Crippen LogP contribution in [0.3, 0.4) is 0 Å². The van der Waals surface area contributed by atoms with Crippen molar-refractivity contribution in [1.29, 1.82) is 0 Å². The molecule has 0 amide bonds. The lowest BCUT2D eigenvalue weighted by Crippen LogP contribution is -2.49. The molecule has 8 nitrogen and oxygen atoms in total. The third-order valence-electron chi connectivity index (χ3n) is 6.36. The normalized spacial score (nSPS) is 20.4. The van der Waals surface area contributed by atoms with Crippen LogP contribution in [0.5, 0.6) is 5.75 Å². The van der Waals surface area contributed by atoms with Crippen molar-refractivity contribution < 1.29 is 13.2 Å². The smallest absolute Gasteiger partial charge is 0.243 e. The number of hydrogen-bond acceptors (Lipinski definition) is 7. The molecule has 2 fully saturated rings. The van der Waals surface area contributed by atoms with Crippen LogP contribution in [-0.4, -0.2) is 68.3 Å². The van der Waals surface area contributed by atoms with Crippen molar-refractivity contribution >= 4 is 21.7 Å². The van der Waals surface area contributed by atoms with Crippen LogP contribution < -0.4 is 14.5 Å². The number of piperazine rings is 1. The lowest BCUT2D eigenvalue weighted by Gasteiger charge is -2.36. The van der Waals surface area contributed by atoms with Gasteiger partial charge in [-0.1, -0.05) is 6.92 Å². The number of aromatic nitrogens is 2. The molecule has 1 atom stereocenters. The summed E-state index contributed by atoms with van der Waals surface area (Å²) >= 11 is 0. The van der Waals surface area contributed by atoms with Gasteiger partial charge in [0.25, 0.3) is 0 Å². The molecule has 9 heteroatoms. The zero-order chi connectivity index (χ0) is 22.6. The predicted molar refractivity (Wildman–Crippen MR) is 126 cm³/mol. The fourth-order valence-electron chi connectivity index (χ4n) is 4.55. The summed E-state index contributed by atoms with van der Waals surface area (Å²) in [4.78, 5) is 4.78. The zero-order valence-corrected chi connectivity index (χ0v) is 19.8. The minimum absolute atomic E-state index is 0.297. The second-order valence-electron chi connectivity index (χ2n) is 8.30. The van der Waals surface area contributed by atoms with E-state index in [1.165, 1.54) is 19.3 Å². The van der Waals surface area contributed by atoms with Gasteiger partial charge in [-0.15, -0.1) is 10.2 Å². The van der Waals surface area contributed by atoms with Crippen molar-refractivity contribution in [2.45, 2.75) is 50.5 Å². The number of rotatable bonds is 7. The predicted octanol–water partition coefficient (Wildman–Crippen LogP) is 3.16. The Morgan fingerprint density at radius 1 is 0.906 bits per heavy atom. The van der Waals surface area contributed by atoms with E-state index >= 15 is 0 Å². The molecule has 0 radical (unpaired) electrons. The highest BCUT2D eigenvalue weighted by molar-refractivity contribution is 7.89. The van der Waals surface area contributed by atoms with Gasteiger partial charge in [0.05, 0.1) is 11.5 Å². The van der Waals surface area contributed by atoms with Crippen LogP contribution in [0.2, 0.25) is 0 Å². The zero-order valence-electron chi connectivity index (χ0n) is 19.0. The van der Waals surface area contributed by atoms with Gasteiger partial charge < -0.3 is 14.5 Å². The third-order valence-corrected chi connectivity index (χ3v) is 8.28. The van der Waals surface area contributed by atoms with E-state index in [0.29, 0.717) is 49.5 Å². The van der Waals surface area contributed by atoms with Gasteiger partial charge in [-0.05, 0) is 69.0 Å². The molecule has 0 bridgehead atoms. The second kappa shape index (κ2) is 10.0. The molecule has 2 aromatic rings. The van der Waals surface area contributed by atoms with E-state index in [4.69, 9.17) is 4.74 Å². The second-order valence-corrected chi connectivity index (χ2v) is 10.2. The molecule has 0 N–H and O–H groups in total. The van der Waals surface area contributed by atoms with Crippen LogP contribution in [0.25, 0.3) is 0 Å². The number of sulfonamides is 1. The number of nitrogens with zero attached hydrogens (tertiary/aromatic N) is 5. The standard InChI is InChI=1S/C23H33N5O3S/c1-3-19-7-5-6-14-28(19)23-13-12-22(24-25-23)26-15-17-27(18-16-26)32(29,30)21-10-8-20(9-11-21)31-4-2/h8-13,19H,3-7,14-18H2,1-2H3. The van der Waals surface area contributed by atoms with Crippen molar-refractivity contribution in [3.8, 4) is 5.75 Å². The van der Waals surface area contributed by atoms with Gasteiger partial charge in [0.1, 0.15) is 5.75 Å². The first-order valence-corrected chi connectivity index (χ1v) is 13.0. The summed E-state index contributed by atoms with van der Waals surface area (Å²) in [6.45, 7) is 7.73. The lowest BCUT2D eigenvalue weighted by molar-refractivity contribution is 0.340. The Labute approximate surface area is 191 Å². The average molecular weight is 460 g/mol. The Morgan fingerprint density at radius 2 is 1.59 bits per heavy atom. The van der Waals surface area contributed by atoms with Crippen LogP contribution >= 0.6 is 0 Å². The largest absolute Gasteiger partial charge is 0.494 e. The minimum Gasteiger partial charge on any atom is -0.494 e. The number of anilines is 2. The number of benzene rings is 1.